The first kappa shape index (κ1) is 19.9. The molecule has 0 fully saturated rings. The molecule has 0 saturated heterocycles. The van der Waals surface area contributed by atoms with Gasteiger partial charge in [-0.2, -0.15) is 0 Å². The first-order valence-electron chi connectivity index (χ1n) is 9.19. The normalized spacial score (nSPS) is 16.4. The van der Waals surface area contributed by atoms with Crippen LogP contribution in [0.5, 0.6) is 0 Å². The molecule has 1 aliphatic carbocycles. The van der Waals surface area contributed by atoms with Gasteiger partial charge in [-0.15, -0.1) is 11.3 Å². The Morgan fingerprint density at radius 2 is 2.00 bits per heavy atom. The van der Waals surface area contributed by atoms with Gasteiger partial charge in [-0.05, 0) is 44.6 Å². The number of fused-ring (bicyclic) bond motifs is 3. The van der Waals surface area contributed by atoms with Crippen LogP contribution in [0.3, 0.4) is 0 Å². The van der Waals surface area contributed by atoms with Crippen LogP contribution in [-0.4, -0.2) is 35.7 Å². The maximum absolute atomic E-state index is 13.4. The maximum atomic E-state index is 13.4. The van der Waals surface area contributed by atoms with Gasteiger partial charge in [-0.3, -0.25) is 9.36 Å². The van der Waals surface area contributed by atoms with Gasteiger partial charge in [-0.1, -0.05) is 25.1 Å². The predicted octanol–water partition coefficient (Wildman–Crippen LogP) is 3.83. The van der Waals surface area contributed by atoms with Crippen LogP contribution >= 0.6 is 23.1 Å². The summed E-state index contributed by atoms with van der Waals surface area (Å²) in [5, 5.41) is 1.46. The fraction of sp³-hybridized carbons (Fsp3) is 0.667. The highest BCUT2D eigenvalue weighted by atomic mass is 32.2. The van der Waals surface area contributed by atoms with Crippen LogP contribution in [-0.2, 0) is 22.7 Å². The number of thiophene rings is 1. The smallest absolute Gasteiger partial charge is 0.263 e. The Hall–Kier alpha value is -0.860. The summed E-state index contributed by atoms with van der Waals surface area (Å²) in [5.74, 6) is 0.505. The minimum absolute atomic E-state index is 0.0430. The Morgan fingerprint density at radius 1 is 1.27 bits per heavy atom. The zero-order valence-corrected chi connectivity index (χ0v) is 18.0. The van der Waals surface area contributed by atoms with Gasteiger partial charge in [0.05, 0.1) is 11.1 Å². The molecule has 1 atom stereocenters. The van der Waals surface area contributed by atoms with Gasteiger partial charge in [0.15, 0.2) is 5.16 Å². The predicted molar refractivity (Wildman–Crippen MR) is 111 cm³/mol. The van der Waals surface area contributed by atoms with Crippen LogP contribution in [0.15, 0.2) is 9.95 Å². The molecule has 0 amide bonds. The molecule has 0 N–H and O–H groups in total. The number of hydrogen-bond acceptors (Lipinski definition) is 6. The van der Waals surface area contributed by atoms with Gasteiger partial charge in [-0.25, -0.2) is 13.4 Å². The second-order valence-electron chi connectivity index (χ2n) is 7.05. The topological polar surface area (TPSA) is 69.0 Å². The Labute approximate surface area is 163 Å². The third-order valence-electron chi connectivity index (χ3n) is 4.96. The second kappa shape index (κ2) is 8.02. The van der Waals surface area contributed by atoms with Gasteiger partial charge in [0.25, 0.3) is 5.56 Å². The second-order valence-corrected chi connectivity index (χ2v) is 11.5. The van der Waals surface area contributed by atoms with Gasteiger partial charge >= 0.3 is 0 Å². The lowest BCUT2D eigenvalue weighted by Crippen LogP contribution is -2.26. The molecule has 0 bridgehead atoms. The number of nitrogens with zero attached hydrogens (tertiary/aromatic N) is 2. The summed E-state index contributed by atoms with van der Waals surface area (Å²) in [7, 11) is -3.03. The van der Waals surface area contributed by atoms with Crippen LogP contribution in [0.1, 0.15) is 56.0 Å². The minimum Gasteiger partial charge on any atom is -0.284 e. The van der Waals surface area contributed by atoms with Crippen molar-refractivity contribution >= 4 is 43.2 Å². The molecule has 0 unspecified atom stereocenters. The quantitative estimate of drug-likeness (QED) is 0.408. The summed E-state index contributed by atoms with van der Waals surface area (Å²) in [5.41, 5.74) is 1.26. The molecule has 0 aromatic carbocycles. The van der Waals surface area contributed by atoms with Gasteiger partial charge in [0.1, 0.15) is 14.7 Å². The van der Waals surface area contributed by atoms with E-state index < -0.39 is 9.84 Å². The number of sulfone groups is 1. The molecule has 3 rings (SSSR count). The highest BCUT2D eigenvalue weighted by molar-refractivity contribution is 8.00. The van der Waals surface area contributed by atoms with Crippen LogP contribution in [0, 0.1) is 0 Å². The zero-order chi connectivity index (χ0) is 18.9. The standard InChI is InChI=1S/C18H26N2O3S3/c1-4-12(2)20-17(21)15-13-8-6-5-7-9-14(13)25-16(15)19-18(20)24-10-11-26(3,22)23/h12H,4-11H2,1-3H3/t12-/m0/s1. The van der Waals surface area contributed by atoms with Gasteiger partial charge in [0, 0.05) is 22.9 Å². The number of rotatable bonds is 6. The van der Waals surface area contributed by atoms with E-state index in [-0.39, 0.29) is 17.4 Å². The molecule has 26 heavy (non-hydrogen) atoms. The fourth-order valence-corrected chi connectivity index (χ4v) is 6.93. The van der Waals surface area contributed by atoms with E-state index >= 15 is 0 Å². The van der Waals surface area contributed by atoms with Crippen molar-refractivity contribution in [2.24, 2.45) is 0 Å². The lowest BCUT2D eigenvalue weighted by Gasteiger charge is -2.17. The molecule has 2 aromatic heterocycles. The van der Waals surface area contributed by atoms with E-state index in [0.29, 0.717) is 10.9 Å². The van der Waals surface area contributed by atoms with Gasteiger partial charge in [0.2, 0.25) is 0 Å². The van der Waals surface area contributed by atoms with Crippen LogP contribution in [0.25, 0.3) is 10.2 Å². The summed E-state index contributed by atoms with van der Waals surface area (Å²) >= 11 is 3.03. The number of thioether (sulfide) groups is 1. The highest BCUT2D eigenvalue weighted by Crippen LogP contribution is 2.34. The molecular formula is C18H26N2O3S3. The van der Waals surface area contributed by atoms with Crippen molar-refractivity contribution in [2.45, 2.75) is 63.6 Å². The van der Waals surface area contributed by atoms with Crippen molar-refractivity contribution in [2.75, 3.05) is 17.8 Å². The number of hydrogen-bond donors (Lipinski definition) is 0. The van der Waals surface area contributed by atoms with E-state index in [1.807, 2.05) is 6.92 Å². The summed E-state index contributed by atoms with van der Waals surface area (Å²) in [6.07, 6.45) is 7.60. The molecule has 0 aliphatic heterocycles. The van der Waals surface area contributed by atoms with E-state index in [0.717, 1.165) is 35.9 Å². The van der Waals surface area contributed by atoms with Crippen molar-refractivity contribution < 1.29 is 8.42 Å². The molecule has 0 radical (unpaired) electrons. The Bertz CT molecular complexity index is 960. The van der Waals surface area contributed by atoms with Crippen molar-refractivity contribution in [1.29, 1.82) is 0 Å². The third kappa shape index (κ3) is 4.17. The van der Waals surface area contributed by atoms with Crippen molar-refractivity contribution in [1.82, 2.24) is 9.55 Å². The minimum atomic E-state index is -3.03. The highest BCUT2D eigenvalue weighted by Gasteiger charge is 2.23. The number of aromatic nitrogens is 2. The molecule has 0 saturated carbocycles. The Balaban J connectivity index is 2.10. The fourth-order valence-electron chi connectivity index (χ4n) is 3.33. The summed E-state index contributed by atoms with van der Waals surface area (Å²) in [6, 6.07) is 0.0430. The summed E-state index contributed by atoms with van der Waals surface area (Å²) < 4.78 is 24.7. The van der Waals surface area contributed by atoms with Gasteiger partial charge < -0.3 is 0 Å². The lowest BCUT2D eigenvalue weighted by atomic mass is 10.1. The molecule has 5 nitrogen and oxygen atoms in total. The SMILES string of the molecule is CC[C@H](C)n1c(SCCS(C)(=O)=O)nc2sc3c(c2c1=O)CCCCC3. The van der Waals surface area contributed by atoms with Crippen molar-refractivity contribution in [3.63, 3.8) is 0 Å². The third-order valence-corrected chi connectivity index (χ3v) is 8.30. The average molecular weight is 415 g/mol. The maximum Gasteiger partial charge on any atom is 0.263 e. The molecule has 144 valence electrons. The van der Waals surface area contributed by atoms with E-state index in [9.17, 15) is 13.2 Å². The Kier molecular flexibility index (Phi) is 6.14. The van der Waals surface area contributed by atoms with E-state index in [1.54, 1.807) is 15.9 Å². The zero-order valence-electron chi connectivity index (χ0n) is 15.6. The lowest BCUT2D eigenvalue weighted by molar-refractivity contribution is 0.468. The number of aryl methyl sites for hydroxylation is 2. The Morgan fingerprint density at radius 3 is 2.69 bits per heavy atom. The van der Waals surface area contributed by atoms with Crippen LogP contribution < -0.4 is 5.56 Å². The van der Waals surface area contributed by atoms with Crippen molar-refractivity contribution in [3.05, 3.63) is 20.8 Å². The first-order chi connectivity index (χ1) is 12.3. The molecule has 1 aliphatic rings. The molecule has 8 heteroatoms. The summed E-state index contributed by atoms with van der Waals surface area (Å²) in [6.45, 7) is 4.08. The first-order valence-corrected chi connectivity index (χ1v) is 13.1. The molecule has 0 spiro atoms. The monoisotopic (exact) mass is 414 g/mol. The van der Waals surface area contributed by atoms with Crippen molar-refractivity contribution in [3.8, 4) is 0 Å². The van der Waals surface area contributed by atoms with Crippen LogP contribution in [0.4, 0.5) is 0 Å². The van der Waals surface area contributed by atoms with E-state index in [1.165, 1.54) is 41.3 Å². The molecule has 2 aromatic rings. The summed E-state index contributed by atoms with van der Waals surface area (Å²) in [4.78, 5) is 20.3. The molecule has 2 heterocycles. The average Bonchev–Trinajstić information content (AvgIpc) is 2.75. The van der Waals surface area contributed by atoms with E-state index in [4.69, 9.17) is 4.98 Å². The van der Waals surface area contributed by atoms with Crippen LogP contribution in [0.2, 0.25) is 0 Å². The largest absolute Gasteiger partial charge is 0.284 e. The van der Waals surface area contributed by atoms with E-state index in [2.05, 4.69) is 6.92 Å². The molecular weight excluding hydrogens is 388 g/mol.